The van der Waals surface area contributed by atoms with Gasteiger partial charge < -0.3 is 10.6 Å². The predicted molar refractivity (Wildman–Crippen MR) is 132 cm³/mol. The van der Waals surface area contributed by atoms with Crippen molar-refractivity contribution in [1.29, 1.82) is 0 Å². The van der Waals surface area contributed by atoms with Crippen LogP contribution in [0.15, 0.2) is 30.3 Å². The van der Waals surface area contributed by atoms with Crippen molar-refractivity contribution in [3.05, 3.63) is 35.9 Å². The van der Waals surface area contributed by atoms with Gasteiger partial charge in [0.05, 0.1) is 5.75 Å². The quantitative estimate of drug-likeness (QED) is 0.478. The molecule has 33 heavy (non-hydrogen) atoms. The molecule has 0 aliphatic heterocycles. The fourth-order valence-corrected chi connectivity index (χ4v) is 5.60. The molecule has 7 nitrogen and oxygen atoms in total. The van der Waals surface area contributed by atoms with Crippen LogP contribution in [0.5, 0.6) is 0 Å². The average molecular weight is 480 g/mol. The number of amides is 2. The third-order valence-corrected chi connectivity index (χ3v) is 7.23. The molecule has 1 aliphatic rings. The lowest BCUT2D eigenvalue weighted by Crippen LogP contribution is -2.58. The van der Waals surface area contributed by atoms with E-state index in [0.717, 1.165) is 25.7 Å². The molecule has 186 valence electrons. The monoisotopic (exact) mass is 479 g/mol. The fourth-order valence-electron chi connectivity index (χ4n) is 4.25. The maximum atomic E-state index is 13.3. The maximum absolute atomic E-state index is 13.3. The topological polar surface area (TPSA) is 104 Å². The highest BCUT2D eigenvalue weighted by Gasteiger charge is 2.33. The van der Waals surface area contributed by atoms with Crippen molar-refractivity contribution in [3.63, 3.8) is 0 Å². The lowest BCUT2D eigenvalue weighted by molar-refractivity contribution is -0.131. The molecule has 2 rings (SSSR count). The summed E-state index contributed by atoms with van der Waals surface area (Å²) in [4.78, 5) is 26.1. The minimum absolute atomic E-state index is 0.146. The predicted octanol–water partition coefficient (Wildman–Crippen LogP) is 3.50. The summed E-state index contributed by atoms with van der Waals surface area (Å²) in [6.45, 7) is 9.38. The number of carbonyl (C=O) groups is 2. The van der Waals surface area contributed by atoms with Crippen molar-refractivity contribution in [1.82, 2.24) is 15.4 Å². The summed E-state index contributed by atoms with van der Waals surface area (Å²) in [7, 11) is -3.75. The molecule has 1 aliphatic carbocycles. The number of hydrogen-bond donors (Lipinski definition) is 3. The van der Waals surface area contributed by atoms with Crippen molar-refractivity contribution in [2.24, 2.45) is 11.8 Å². The smallest absolute Gasteiger partial charge is 0.243 e. The Kier molecular flexibility index (Phi) is 9.91. The molecule has 3 N–H and O–H groups in total. The Balaban J connectivity index is 2.18. The number of sulfonamides is 1. The fraction of sp³-hybridized carbons (Fsp3) is 0.680. The van der Waals surface area contributed by atoms with E-state index >= 15 is 0 Å². The molecule has 0 heterocycles. The van der Waals surface area contributed by atoms with E-state index in [-0.39, 0.29) is 23.5 Å². The molecule has 0 aromatic heterocycles. The Hall–Kier alpha value is -1.93. The minimum atomic E-state index is -3.75. The summed E-state index contributed by atoms with van der Waals surface area (Å²) < 4.78 is 28.5. The number of rotatable bonds is 10. The first-order chi connectivity index (χ1) is 15.4. The van der Waals surface area contributed by atoms with E-state index in [1.54, 1.807) is 24.3 Å². The molecule has 2 atom stereocenters. The van der Waals surface area contributed by atoms with Gasteiger partial charge in [-0.05, 0) is 44.6 Å². The molecule has 0 saturated heterocycles. The van der Waals surface area contributed by atoms with E-state index in [9.17, 15) is 18.0 Å². The highest BCUT2D eigenvalue weighted by Crippen LogP contribution is 2.28. The standard InChI is InChI=1S/C25H41N3O4S/c1-18(2)22(24(30)27-25(3,4)5)26-23(29)21(16-19-12-8-6-9-13-19)28-33(31,32)17-20-14-10-7-11-15-20/h7,10-11,14-15,18-19,21-22,28H,6,8-9,12-13,16-17H2,1-5H3,(H,26,29)(H,27,30)/t21-,22-/m0/s1. The summed E-state index contributed by atoms with van der Waals surface area (Å²) >= 11 is 0. The van der Waals surface area contributed by atoms with Crippen LogP contribution in [0.25, 0.3) is 0 Å². The van der Waals surface area contributed by atoms with Crippen molar-refractivity contribution < 1.29 is 18.0 Å². The highest BCUT2D eigenvalue weighted by molar-refractivity contribution is 7.88. The number of hydrogen-bond acceptors (Lipinski definition) is 4. The van der Waals surface area contributed by atoms with Gasteiger partial charge in [-0.15, -0.1) is 0 Å². The van der Waals surface area contributed by atoms with E-state index in [2.05, 4.69) is 15.4 Å². The van der Waals surface area contributed by atoms with E-state index in [1.807, 2.05) is 40.7 Å². The first kappa shape index (κ1) is 27.3. The lowest BCUT2D eigenvalue weighted by Gasteiger charge is -2.30. The van der Waals surface area contributed by atoms with Gasteiger partial charge >= 0.3 is 0 Å². The second-order valence-corrected chi connectivity index (χ2v) is 12.4. The zero-order valence-electron chi connectivity index (χ0n) is 20.7. The van der Waals surface area contributed by atoms with Crippen molar-refractivity contribution in [2.45, 2.75) is 96.5 Å². The van der Waals surface area contributed by atoms with Gasteiger partial charge in [-0.25, -0.2) is 13.1 Å². The van der Waals surface area contributed by atoms with Gasteiger partial charge in [0, 0.05) is 5.54 Å². The van der Waals surface area contributed by atoms with Gasteiger partial charge in [0.15, 0.2) is 0 Å². The summed E-state index contributed by atoms with van der Waals surface area (Å²) in [5.41, 5.74) is 0.222. The van der Waals surface area contributed by atoms with Gasteiger partial charge in [-0.2, -0.15) is 0 Å². The molecule has 1 fully saturated rings. The molecule has 0 unspecified atom stereocenters. The Morgan fingerprint density at radius 1 is 1.00 bits per heavy atom. The SMILES string of the molecule is CC(C)[C@H](NC(=O)[C@H](CC1CCCCC1)NS(=O)(=O)Cc1ccccc1)C(=O)NC(C)(C)C. The third kappa shape index (κ3) is 9.84. The van der Waals surface area contributed by atoms with Crippen LogP contribution in [0.1, 0.15) is 78.7 Å². The van der Waals surface area contributed by atoms with E-state index in [0.29, 0.717) is 12.0 Å². The summed E-state index contributed by atoms with van der Waals surface area (Å²) in [6, 6.07) is 7.26. The number of nitrogens with one attached hydrogen (secondary N) is 3. The third-order valence-electron chi connectivity index (χ3n) is 5.88. The summed E-state index contributed by atoms with van der Waals surface area (Å²) in [5.74, 6) is -0.766. The Labute approximate surface area is 199 Å². The van der Waals surface area contributed by atoms with Crippen molar-refractivity contribution in [2.75, 3.05) is 0 Å². The van der Waals surface area contributed by atoms with Crippen LogP contribution in [-0.4, -0.2) is 37.9 Å². The van der Waals surface area contributed by atoms with Crippen LogP contribution in [0.3, 0.4) is 0 Å². The second-order valence-electron chi connectivity index (χ2n) is 10.6. The van der Waals surface area contributed by atoms with Crippen molar-refractivity contribution >= 4 is 21.8 Å². The lowest BCUT2D eigenvalue weighted by atomic mass is 9.84. The molecule has 1 aromatic carbocycles. The van der Waals surface area contributed by atoms with E-state index in [4.69, 9.17) is 0 Å². The summed E-state index contributed by atoms with van der Waals surface area (Å²) in [6.07, 6.45) is 5.78. The van der Waals surface area contributed by atoms with Gasteiger partial charge in [0.2, 0.25) is 21.8 Å². The molecular formula is C25H41N3O4S. The second kappa shape index (κ2) is 12.0. The molecule has 8 heteroatoms. The molecule has 2 amide bonds. The van der Waals surface area contributed by atoms with Gasteiger partial charge in [-0.1, -0.05) is 76.3 Å². The average Bonchev–Trinajstić information content (AvgIpc) is 2.70. The zero-order valence-corrected chi connectivity index (χ0v) is 21.5. The molecule has 0 radical (unpaired) electrons. The van der Waals surface area contributed by atoms with Crippen LogP contribution in [-0.2, 0) is 25.4 Å². The van der Waals surface area contributed by atoms with Crippen LogP contribution < -0.4 is 15.4 Å². The van der Waals surface area contributed by atoms with Crippen LogP contribution in [0.2, 0.25) is 0 Å². The van der Waals surface area contributed by atoms with E-state index < -0.39 is 33.6 Å². The zero-order chi connectivity index (χ0) is 24.6. The van der Waals surface area contributed by atoms with Crippen LogP contribution in [0, 0.1) is 11.8 Å². The number of carbonyl (C=O) groups excluding carboxylic acids is 2. The van der Waals surface area contributed by atoms with Crippen LogP contribution >= 0.6 is 0 Å². The normalized spacial score (nSPS) is 17.4. The first-order valence-electron chi connectivity index (χ1n) is 12.0. The van der Waals surface area contributed by atoms with Crippen LogP contribution in [0.4, 0.5) is 0 Å². The van der Waals surface area contributed by atoms with Crippen molar-refractivity contribution in [3.8, 4) is 0 Å². The minimum Gasteiger partial charge on any atom is -0.350 e. The van der Waals surface area contributed by atoms with E-state index in [1.165, 1.54) is 6.42 Å². The Morgan fingerprint density at radius 2 is 1.61 bits per heavy atom. The Bertz CT molecular complexity index is 873. The maximum Gasteiger partial charge on any atom is 0.243 e. The van der Waals surface area contributed by atoms with Gasteiger partial charge in [0.25, 0.3) is 0 Å². The molecule has 1 aromatic rings. The Morgan fingerprint density at radius 3 is 2.15 bits per heavy atom. The molecule has 0 bridgehead atoms. The molecule has 1 saturated carbocycles. The molecule has 0 spiro atoms. The highest BCUT2D eigenvalue weighted by atomic mass is 32.2. The largest absolute Gasteiger partial charge is 0.350 e. The number of benzene rings is 1. The first-order valence-corrected chi connectivity index (χ1v) is 13.7. The molecular weight excluding hydrogens is 438 g/mol. The van der Waals surface area contributed by atoms with Gasteiger partial charge in [0.1, 0.15) is 12.1 Å². The summed E-state index contributed by atoms with van der Waals surface area (Å²) in [5, 5.41) is 5.75. The van der Waals surface area contributed by atoms with Gasteiger partial charge in [-0.3, -0.25) is 9.59 Å².